The smallest absolute Gasteiger partial charge is 0.147 e. The minimum Gasteiger partial charge on any atom is -0.696 e. The third-order valence-corrected chi connectivity index (χ3v) is 1.80. The lowest BCUT2D eigenvalue weighted by molar-refractivity contribution is -0.528. The van der Waals surface area contributed by atoms with Crippen LogP contribution in [-0.2, 0) is 0 Å². The van der Waals surface area contributed by atoms with E-state index in [0.29, 0.717) is 11.4 Å². The van der Waals surface area contributed by atoms with Gasteiger partial charge in [0.25, 0.3) is 0 Å². The maximum Gasteiger partial charge on any atom is 0.147 e. The number of benzene rings is 1. The molecule has 0 aromatic heterocycles. The third kappa shape index (κ3) is 3.84. The minimum atomic E-state index is 0.392. The quantitative estimate of drug-likeness (QED) is 0.460. The van der Waals surface area contributed by atoms with E-state index in [-0.39, 0.29) is 0 Å². The molecule has 1 aromatic rings. The molecular weight excluding hydrogens is 194 g/mol. The van der Waals surface area contributed by atoms with Crippen LogP contribution in [0.3, 0.4) is 0 Å². The van der Waals surface area contributed by atoms with Crippen LogP contribution in [0.5, 0.6) is 5.75 Å². The van der Waals surface area contributed by atoms with E-state index in [0.717, 1.165) is 17.9 Å². The van der Waals surface area contributed by atoms with E-state index in [1.165, 1.54) is 0 Å². The Balaban J connectivity index is 2.54. The van der Waals surface area contributed by atoms with Crippen molar-refractivity contribution < 1.29 is 9.60 Å². The zero-order valence-electron chi connectivity index (χ0n) is 8.93. The predicted octanol–water partition coefficient (Wildman–Crippen LogP) is 2.39. The standard InChI is InChI=1S/C10H15N3O2/c1-3-8-13(14)12-11-9-4-6-10(15-2)7-5-9/h4-7,11H,3,8H2,1-2H3. The summed E-state index contributed by atoms with van der Waals surface area (Å²) in [5.41, 5.74) is 3.42. The van der Waals surface area contributed by atoms with E-state index in [2.05, 4.69) is 10.6 Å². The number of rotatable bonds is 5. The van der Waals surface area contributed by atoms with Gasteiger partial charge in [-0.2, -0.15) is 4.86 Å². The van der Waals surface area contributed by atoms with Gasteiger partial charge in [-0.1, -0.05) is 6.92 Å². The van der Waals surface area contributed by atoms with E-state index in [9.17, 15) is 5.21 Å². The van der Waals surface area contributed by atoms with Gasteiger partial charge in [-0.3, -0.25) is 0 Å². The predicted molar refractivity (Wildman–Crippen MR) is 57.8 cm³/mol. The van der Waals surface area contributed by atoms with E-state index in [4.69, 9.17) is 4.74 Å². The highest BCUT2D eigenvalue weighted by atomic mass is 16.5. The topological polar surface area (TPSA) is 59.7 Å². The van der Waals surface area contributed by atoms with Crippen LogP contribution in [0.2, 0.25) is 0 Å². The molecule has 0 fully saturated rings. The maximum absolute atomic E-state index is 11.0. The van der Waals surface area contributed by atoms with Crippen molar-refractivity contribution in [2.75, 3.05) is 19.1 Å². The second-order valence-electron chi connectivity index (χ2n) is 3.02. The number of anilines is 1. The monoisotopic (exact) mass is 209 g/mol. The minimum absolute atomic E-state index is 0.392. The molecule has 82 valence electrons. The van der Waals surface area contributed by atoms with Gasteiger partial charge in [-0.25, -0.2) is 0 Å². The normalized spacial score (nSPS) is 11.2. The number of hydroxylamine groups is 1. The van der Waals surface area contributed by atoms with Gasteiger partial charge < -0.3 is 9.94 Å². The van der Waals surface area contributed by atoms with Crippen molar-refractivity contribution in [3.8, 4) is 5.75 Å². The molecule has 15 heavy (non-hydrogen) atoms. The first kappa shape index (κ1) is 11.3. The zero-order valence-corrected chi connectivity index (χ0v) is 8.93. The molecule has 0 heterocycles. The highest BCUT2D eigenvalue weighted by molar-refractivity contribution is 5.45. The van der Waals surface area contributed by atoms with Gasteiger partial charge in [0.1, 0.15) is 18.0 Å². The van der Waals surface area contributed by atoms with E-state index >= 15 is 0 Å². The number of hydrogen-bond acceptors (Lipinski definition) is 3. The van der Waals surface area contributed by atoms with Crippen molar-refractivity contribution in [2.24, 2.45) is 5.22 Å². The average Bonchev–Trinajstić information content (AvgIpc) is 2.27. The molecule has 1 rings (SSSR count). The Hall–Kier alpha value is -1.78. The number of methoxy groups -OCH3 is 1. The summed E-state index contributed by atoms with van der Waals surface area (Å²) in [5.74, 6) is 0.771. The first-order valence-electron chi connectivity index (χ1n) is 4.81. The van der Waals surface area contributed by atoms with Crippen LogP contribution in [0.15, 0.2) is 29.5 Å². The van der Waals surface area contributed by atoms with E-state index < -0.39 is 0 Å². The molecule has 0 aliphatic rings. The molecule has 0 unspecified atom stereocenters. The van der Waals surface area contributed by atoms with Gasteiger partial charge in [0, 0.05) is 0 Å². The molecule has 5 nitrogen and oxygen atoms in total. The van der Waals surface area contributed by atoms with Crippen LogP contribution in [0.4, 0.5) is 5.69 Å². The lowest BCUT2D eigenvalue weighted by Gasteiger charge is -2.03. The van der Waals surface area contributed by atoms with Crippen molar-refractivity contribution >= 4 is 5.69 Å². The molecule has 0 bridgehead atoms. The lowest BCUT2D eigenvalue weighted by Crippen LogP contribution is -2.04. The first-order valence-corrected chi connectivity index (χ1v) is 4.81. The van der Waals surface area contributed by atoms with Crippen LogP contribution < -0.4 is 10.2 Å². The van der Waals surface area contributed by atoms with Crippen LogP contribution >= 0.6 is 0 Å². The summed E-state index contributed by atoms with van der Waals surface area (Å²) in [6.07, 6.45) is 0.775. The molecule has 0 aliphatic heterocycles. The Labute approximate surface area is 88.9 Å². The second kappa shape index (κ2) is 5.85. The summed E-state index contributed by atoms with van der Waals surface area (Å²) in [6, 6.07) is 7.18. The van der Waals surface area contributed by atoms with Gasteiger partial charge in [-0.15, -0.1) is 5.43 Å². The Kier molecular flexibility index (Phi) is 4.40. The Bertz CT molecular complexity index is 322. The van der Waals surface area contributed by atoms with Crippen LogP contribution in [0, 0.1) is 5.21 Å². The van der Waals surface area contributed by atoms with Gasteiger partial charge in [0.05, 0.1) is 12.3 Å². The first-order chi connectivity index (χ1) is 7.26. The fraction of sp³-hybridized carbons (Fsp3) is 0.400. The maximum atomic E-state index is 11.0. The molecule has 0 aliphatic carbocycles. The Morgan fingerprint density at radius 3 is 2.60 bits per heavy atom. The van der Waals surface area contributed by atoms with Crippen LogP contribution in [0.1, 0.15) is 13.3 Å². The van der Waals surface area contributed by atoms with Gasteiger partial charge in [-0.05, 0) is 30.7 Å². The molecule has 5 heteroatoms. The highest BCUT2D eigenvalue weighted by Crippen LogP contribution is 2.14. The molecular formula is C10H15N3O2. The Morgan fingerprint density at radius 1 is 1.40 bits per heavy atom. The molecule has 0 radical (unpaired) electrons. The van der Waals surface area contributed by atoms with Crippen molar-refractivity contribution in [1.29, 1.82) is 0 Å². The van der Waals surface area contributed by atoms with Gasteiger partial charge >= 0.3 is 0 Å². The van der Waals surface area contributed by atoms with Gasteiger partial charge in [0.15, 0.2) is 0 Å². The summed E-state index contributed by atoms with van der Waals surface area (Å²) in [6.45, 7) is 2.32. The molecule has 1 aromatic carbocycles. The fourth-order valence-electron chi connectivity index (χ4n) is 1.02. The summed E-state index contributed by atoms with van der Waals surface area (Å²) >= 11 is 0. The van der Waals surface area contributed by atoms with Crippen LogP contribution in [0.25, 0.3) is 0 Å². The summed E-state index contributed by atoms with van der Waals surface area (Å²) in [5, 5.41) is 14.6. The van der Waals surface area contributed by atoms with Gasteiger partial charge in [0.2, 0.25) is 0 Å². The third-order valence-electron chi connectivity index (χ3n) is 1.80. The van der Waals surface area contributed by atoms with Crippen molar-refractivity contribution in [1.82, 2.24) is 0 Å². The summed E-state index contributed by atoms with van der Waals surface area (Å²) in [7, 11) is 1.60. The molecule has 0 amide bonds. The fourth-order valence-corrected chi connectivity index (χ4v) is 1.02. The van der Waals surface area contributed by atoms with Crippen molar-refractivity contribution in [3.05, 3.63) is 29.5 Å². The highest BCUT2D eigenvalue weighted by Gasteiger charge is 1.96. The summed E-state index contributed by atoms with van der Waals surface area (Å²) < 4.78 is 5.00. The Morgan fingerprint density at radius 2 is 2.07 bits per heavy atom. The zero-order chi connectivity index (χ0) is 11.1. The second-order valence-corrected chi connectivity index (χ2v) is 3.02. The molecule has 0 atom stereocenters. The summed E-state index contributed by atoms with van der Waals surface area (Å²) in [4.78, 5) is 0.629. The molecule has 0 spiro atoms. The average molecular weight is 209 g/mol. The SMILES string of the molecule is CCC[N+]([O-])=NNc1ccc(OC)cc1. The van der Waals surface area contributed by atoms with Crippen molar-refractivity contribution in [2.45, 2.75) is 13.3 Å². The van der Waals surface area contributed by atoms with E-state index in [1.54, 1.807) is 31.4 Å². The largest absolute Gasteiger partial charge is 0.696 e. The number of nitrogens with zero attached hydrogens (tertiary/aromatic N) is 2. The number of nitrogens with one attached hydrogen (secondary N) is 1. The molecule has 0 saturated heterocycles. The number of ether oxygens (including phenoxy) is 1. The molecule has 1 N–H and O–H groups in total. The lowest BCUT2D eigenvalue weighted by atomic mass is 10.3. The van der Waals surface area contributed by atoms with E-state index in [1.807, 2.05) is 6.92 Å². The van der Waals surface area contributed by atoms with Crippen LogP contribution in [-0.4, -0.2) is 18.5 Å². The molecule has 0 saturated carbocycles. The number of hydrogen-bond donors (Lipinski definition) is 1. The van der Waals surface area contributed by atoms with Crippen molar-refractivity contribution in [3.63, 3.8) is 0 Å².